The Morgan fingerprint density at radius 3 is 2.32 bits per heavy atom. The van der Waals surface area contributed by atoms with Crippen LogP contribution in [0, 0.1) is 5.41 Å². The Hall–Kier alpha value is -0.810. The number of alkyl carbamates (subject to hydrolysis) is 1. The molecular weight excluding hydrogens is 244 g/mol. The van der Waals surface area contributed by atoms with E-state index in [1.54, 1.807) is 0 Å². The fourth-order valence-corrected chi connectivity index (χ4v) is 1.44. The third-order valence-corrected chi connectivity index (χ3v) is 3.00. The number of nitrogens with one attached hydrogen (secondary N) is 2. The summed E-state index contributed by atoms with van der Waals surface area (Å²) in [6.45, 7) is 13.0. The summed E-state index contributed by atoms with van der Waals surface area (Å²) in [6.07, 6.45) is 0.506. The Morgan fingerprint density at radius 1 is 1.32 bits per heavy atom. The van der Waals surface area contributed by atoms with Crippen LogP contribution in [0.2, 0.25) is 0 Å². The molecule has 0 saturated carbocycles. The van der Waals surface area contributed by atoms with Crippen LogP contribution < -0.4 is 10.6 Å². The zero-order chi connectivity index (χ0) is 15.1. The molecule has 0 aliphatic carbocycles. The van der Waals surface area contributed by atoms with Gasteiger partial charge in [0.25, 0.3) is 0 Å². The van der Waals surface area contributed by atoms with E-state index in [9.17, 15) is 9.90 Å². The lowest BCUT2D eigenvalue weighted by molar-refractivity contribution is 0.0506. The molecule has 0 aliphatic heterocycles. The second-order valence-corrected chi connectivity index (χ2v) is 6.50. The molecule has 2 atom stereocenters. The largest absolute Gasteiger partial charge is 0.444 e. The highest BCUT2D eigenvalue weighted by Gasteiger charge is 2.21. The maximum atomic E-state index is 11.5. The Kier molecular flexibility index (Phi) is 7.37. The van der Waals surface area contributed by atoms with Crippen molar-refractivity contribution in [1.82, 2.24) is 10.6 Å². The van der Waals surface area contributed by atoms with Gasteiger partial charge in [-0.3, -0.25) is 0 Å². The van der Waals surface area contributed by atoms with Crippen LogP contribution in [-0.4, -0.2) is 42.5 Å². The van der Waals surface area contributed by atoms with Gasteiger partial charge < -0.3 is 20.5 Å². The van der Waals surface area contributed by atoms with Gasteiger partial charge in [-0.05, 0) is 34.1 Å². The second kappa shape index (κ2) is 7.70. The van der Waals surface area contributed by atoms with E-state index >= 15 is 0 Å². The minimum atomic E-state index is -0.477. The molecule has 0 bridgehead atoms. The van der Waals surface area contributed by atoms with E-state index in [1.807, 2.05) is 34.6 Å². The number of hydrogen-bond acceptors (Lipinski definition) is 4. The number of aliphatic hydroxyl groups is 1. The van der Waals surface area contributed by atoms with Crippen LogP contribution >= 0.6 is 0 Å². The number of rotatable bonds is 7. The average Bonchev–Trinajstić information content (AvgIpc) is 2.25. The summed E-state index contributed by atoms with van der Waals surface area (Å²) in [7, 11) is 0. The van der Waals surface area contributed by atoms with E-state index in [-0.39, 0.29) is 18.1 Å². The molecule has 0 fully saturated rings. The Bertz CT molecular complexity index is 270. The highest BCUT2D eigenvalue weighted by atomic mass is 16.6. The highest BCUT2D eigenvalue weighted by Crippen LogP contribution is 2.18. The van der Waals surface area contributed by atoms with Crippen LogP contribution in [-0.2, 0) is 4.74 Å². The summed E-state index contributed by atoms with van der Waals surface area (Å²) < 4.78 is 5.18. The van der Waals surface area contributed by atoms with Crippen LogP contribution in [0.3, 0.4) is 0 Å². The molecule has 0 spiro atoms. The third-order valence-electron chi connectivity index (χ3n) is 3.00. The SMILES string of the molecule is CCC(C)(CO)CNCC(C)NC(=O)OC(C)(C)C. The Labute approximate surface area is 117 Å². The number of ether oxygens (including phenoxy) is 1. The fraction of sp³-hybridized carbons (Fsp3) is 0.929. The van der Waals surface area contributed by atoms with E-state index in [0.717, 1.165) is 13.0 Å². The Morgan fingerprint density at radius 2 is 1.89 bits per heavy atom. The van der Waals surface area contributed by atoms with Crippen molar-refractivity contribution in [3.8, 4) is 0 Å². The van der Waals surface area contributed by atoms with Crippen molar-refractivity contribution in [2.75, 3.05) is 19.7 Å². The van der Waals surface area contributed by atoms with Gasteiger partial charge >= 0.3 is 6.09 Å². The van der Waals surface area contributed by atoms with E-state index in [4.69, 9.17) is 4.74 Å². The molecule has 0 heterocycles. The summed E-state index contributed by atoms with van der Waals surface area (Å²) in [4.78, 5) is 11.5. The number of amides is 1. The van der Waals surface area contributed by atoms with Crippen molar-refractivity contribution in [2.24, 2.45) is 5.41 Å². The predicted molar refractivity (Wildman–Crippen MR) is 77.2 cm³/mol. The molecule has 0 aromatic carbocycles. The van der Waals surface area contributed by atoms with Crippen molar-refractivity contribution >= 4 is 6.09 Å². The summed E-state index contributed by atoms with van der Waals surface area (Å²) in [5.74, 6) is 0. The van der Waals surface area contributed by atoms with Crippen molar-refractivity contribution in [2.45, 2.75) is 59.6 Å². The summed E-state index contributed by atoms with van der Waals surface area (Å²) >= 11 is 0. The molecule has 5 heteroatoms. The topological polar surface area (TPSA) is 70.6 Å². The lowest BCUT2D eigenvalue weighted by atomic mass is 9.88. The monoisotopic (exact) mass is 274 g/mol. The predicted octanol–water partition coefficient (Wildman–Crippen LogP) is 1.90. The smallest absolute Gasteiger partial charge is 0.407 e. The molecule has 0 rings (SSSR count). The van der Waals surface area contributed by atoms with E-state index in [0.29, 0.717) is 6.54 Å². The summed E-state index contributed by atoms with van der Waals surface area (Å²) in [5, 5.41) is 15.3. The van der Waals surface area contributed by atoms with Crippen molar-refractivity contribution in [1.29, 1.82) is 0 Å². The van der Waals surface area contributed by atoms with Crippen molar-refractivity contribution < 1.29 is 14.6 Å². The first kappa shape index (κ1) is 18.2. The molecule has 0 radical (unpaired) electrons. The molecule has 0 aliphatic rings. The molecule has 1 amide bonds. The van der Waals surface area contributed by atoms with Gasteiger partial charge in [-0.1, -0.05) is 13.8 Å². The quantitative estimate of drug-likeness (QED) is 0.663. The number of carbonyl (C=O) groups is 1. The van der Waals surface area contributed by atoms with Crippen molar-refractivity contribution in [3.63, 3.8) is 0 Å². The van der Waals surface area contributed by atoms with Crippen LogP contribution in [0.5, 0.6) is 0 Å². The lowest BCUT2D eigenvalue weighted by Gasteiger charge is -2.27. The van der Waals surface area contributed by atoms with Crippen LogP contribution in [0.1, 0.15) is 48.0 Å². The summed E-state index contributed by atoms with van der Waals surface area (Å²) in [6, 6.07) is -0.0188. The number of carbonyl (C=O) groups excluding carboxylic acids is 1. The minimum Gasteiger partial charge on any atom is -0.444 e. The van der Waals surface area contributed by atoms with E-state index in [1.165, 1.54) is 0 Å². The second-order valence-electron chi connectivity index (χ2n) is 6.50. The van der Waals surface area contributed by atoms with Crippen LogP contribution in [0.25, 0.3) is 0 Å². The van der Waals surface area contributed by atoms with Gasteiger partial charge in [0.1, 0.15) is 5.60 Å². The fourth-order valence-electron chi connectivity index (χ4n) is 1.44. The first-order valence-corrected chi connectivity index (χ1v) is 6.93. The van der Waals surface area contributed by atoms with Crippen molar-refractivity contribution in [3.05, 3.63) is 0 Å². The molecule has 114 valence electrons. The molecule has 19 heavy (non-hydrogen) atoms. The van der Waals surface area contributed by atoms with Gasteiger partial charge in [-0.25, -0.2) is 4.79 Å². The standard InChI is InChI=1S/C14H30N2O3/c1-7-14(6,10-17)9-15-8-11(2)16-12(18)19-13(3,4)5/h11,15,17H,7-10H2,1-6H3,(H,16,18). The Balaban J connectivity index is 3.94. The zero-order valence-corrected chi connectivity index (χ0v) is 13.2. The molecule has 3 N–H and O–H groups in total. The van der Waals surface area contributed by atoms with Gasteiger partial charge in [-0.15, -0.1) is 0 Å². The number of hydrogen-bond donors (Lipinski definition) is 3. The molecule has 2 unspecified atom stereocenters. The third kappa shape index (κ3) is 8.83. The summed E-state index contributed by atoms with van der Waals surface area (Å²) in [5.41, 5.74) is -0.583. The van der Waals surface area contributed by atoms with Gasteiger partial charge in [0.05, 0.1) is 0 Å². The molecule has 0 aromatic heterocycles. The van der Waals surface area contributed by atoms with Gasteiger partial charge in [0, 0.05) is 31.2 Å². The first-order valence-electron chi connectivity index (χ1n) is 6.93. The van der Waals surface area contributed by atoms with Crippen LogP contribution in [0.4, 0.5) is 4.79 Å². The van der Waals surface area contributed by atoms with Crippen LogP contribution in [0.15, 0.2) is 0 Å². The van der Waals surface area contributed by atoms with E-state index < -0.39 is 11.7 Å². The number of aliphatic hydroxyl groups excluding tert-OH is 1. The highest BCUT2D eigenvalue weighted by molar-refractivity contribution is 5.68. The van der Waals surface area contributed by atoms with Gasteiger partial charge in [0.15, 0.2) is 0 Å². The maximum Gasteiger partial charge on any atom is 0.407 e. The van der Waals surface area contributed by atoms with Gasteiger partial charge in [-0.2, -0.15) is 0 Å². The normalized spacial score (nSPS) is 16.6. The van der Waals surface area contributed by atoms with Gasteiger partial charge in [0.2, 0.25) is 0 Å². The minimum absolute atomic E-state index is 0.0188. The maximum absolute atomic E-state index is 11.5. The molecular formula is C14H30N2O3. The molecule has 5 nitrogen and oxygen atoms in total. The molecule has 0 aromatic rings. The first-order chi connectivity index (χ1) is 8.62. The molecule has 0 saturated heterocycles. The zero-order valence-electron chi connectivity index (χ0n) is 13.2. The lowest BCUT2D eigenvalue weighted by Crippen LogP contribution is -2.45. The average molecular weight is 274 g/mol. The van der Waals surface area contributed by atoms with E-state index in [2.05, 4.69) is 17.6 Å².